The van der Waals surface area contributed by atoms with Gasteiger partial charge in [-0.3, -0.25) is 14.5 Å². The predicted octanol–water partition coefficient (Wildman–Crippen LogP) is 1.07. The maximum absolute atomic E-state index is 13.1. The van der Waals surface area contributed by atoms with Crippen LogP contribution in [0.25, 0.3) is 0 Å². The van der Waals surface area contributed by atoms with E-state index in [9.17, 15) is 30.0 Å². The standard InChI is InChI=1S/C39H59ClN8O7/c1-3-4-5-8-17-48(23-30(50)33(52)34(53)31(51)24-49)18-16-44-38(54)29-13-9-11-26(19-29)14-15-43-21-27(20-28-12-7-6-10-25(28)2)22-45-39(55)32-35(40)47-37(42)36(41)46-32/h6-7,9-13,19,27,30-31,33-34,43,49-53H,3-5,8,14-18,20-24H2,1-2H3,(H2,41,46)(H2,42,47)(H,44,54)(H,45,55). The summed E-state index contributed by atoms with van der Waals surface area (Å²) in [5.41, 5.74) is 15.1. The summed E-state index contributed by atoms with van der Waals surface area (Å²) in [6.45, 7) is 6.27. The quantitative estimate of drug-likeness (QED) is 0.0541. The van der Waals surface area contributed by atoms with Gasteiger partial charge in [-0.25, -0.2) is 9.97 Å². The van der Waals surface area contributed by atoms with Gasteiger partial charge in [-0.2, -0.15) is 0 Å². The van der Waals surface area contributed by atoms with Gasteiger partial charge in [0.1, 0.15) is 18.3 Å². The number of nitrogen functional groups attached to an aromatic ring is 2. The Hall–Kier alpha value is -3.93. The highest BCUT2D eigenvalue weighted by atomic mass is 35.5. The lowest BCUT2D eigenvalue weighted by atomic mass is 9.95. The summed E-state index contributed by atoms with van der Waals surface area (Å²) in [4.78, 5) is 35.9. The number of aromatic nitrogens is 2. The zero-order chi connectivity index (χ0) is 40.3. The molecule has 0 radical (unpaired) electrons. The van der Waals surface area contributed by atoms with Crippen molar-refractivity contribution >= 4 is 35.1 Å². The maximum Gasteiger partial charge on any atom is 0.273 e. The second-order valence-corrected chi connectivity index (χ2v) is 14.3. The van der Waals surface area contributed by atoms with Crippen LogP contribution in [-0.4, -0.2) is 129 Å². The number of nitrogens with zero attached hydrogens (tertiary/aromatic N) is 3. The topological polar surface area (TPSA) is 252 Å². The highest BCUT2D eigenvalue weighted by Crippen LogP contribution is 2.18. The normalized spacial score (nSPS) is 14.3. The van der Waals surface area contributed by atoms with Gasteiger partial charge in [0.15, 0.2) is 22.5 Å². The highest BCUT2D eigenvalue weighted by molar-refractivity contribution is 6.32. The van der Waals surface area contributed by atoms with E-state index < -0.39 is 36.9 Å². The van der Waals surface area contributed by atoms with Crippen LogP contribution in [-0.2, 0) is 12.8 Å². The molecule has 0 aliphatic carbocycles. The number of carbonyl (C=O) groups is 2. The molecule has 12 N–H and O–H groups in total. The number of nitrogens with two attached hydrogens (primary N) is 2. The lowest BCUT2D eigenvalue weighted by Gasteiger charge is -2.30. The third-order valence-corrected chi connectivity index (χ3v) is 9.73. The molecule has 55 heavy (non-hydrogen) atoms. The average Bonchev–Trinajstić information content (AvgIpc) is 3.18. The number of benzene rings is 2. The van der Waals surface area contributed by atoms with Crippen molar-refractivity contribution in [3.05, 3.63) is 81.6 Å². The molecular weight excluding hydrogens is 728 g/mol. The molecule has 0 bridgehead atoms. The molecule has 2 aromatic carbocycles. The first-order chi connectivity index (χ1) is 26.3. The van der Waals surface area contributed by atoms with Crippen molar-refractivity contribution in [3.8, 4) is 0 Å². The Morgan fingerprint density at radius 1 is 0.855 bits per heavy atom. The van der Waals surface area contributed by atoms with E-state index in [4.69, 9.17) is 28.2 Å². The maximum atomic E-state index is 13.1. The van der Waals surface area contributed by atoms with Crippen LogP contribution in [0, 0.1) is 12.8 Å². The van der Waals surface area contributed by atoms with Gasteiger partial charge in [-0.15, -0.1) is 0 Å². The summed E-state index contributed by atoms with van der Waals surface area (Å²) in [5, 5.41) is 58.9. The predicted molar refractivity (Wildman–Crippen MR) is 214 cm³/mol. The summed E-state index contributed by atoms with van der Waals surface area (Å²) >= 11 is 6.12. The third kappa shape index (κ3) is 15.3. The number of nitrogens with one attached hydrogen (secondary N) is 3. The zero-order valence-corrected chi connectivity index (χ0v) is 32.6. The number of hydrogen-bond donors (Lipinski definition) is 10. The smallest absolute Gasteiger partial charge is 0.273 e. The number of carbonyl (C=O) groups excluding carboxylic acids is 2. The van der Waals surface area contributed by atoms with Gasteiger partial charge in [-0.05, 0) is 80.6 Å². The van der Waals surface area contributed by atoms with Gasteiger partial charge in [-0.1, -0.05) is 74.2 Å². The van der Waals surface area contributed by atoms with Crippen LogP contribution in [0.3, 0.4) is 0 Å². The Morgan fingerprint density at radius 2 is 1.58 bits per heavy atom. The van der Waals surface area contributed by atoms with E-state index in [1.807, 2.05) is 35.2 Å². The summed E-state index contributed by atoms with van der Waals surface area (Å²) in [5.74, 6) is -0.840. The van der Waals surface area contributed by atoms with Gasteiger partial charge >= 0.3 is 0 Å². The fourth-order valence-electron chi connectivity index (χ4n) is 6.10. The fourth-order valence-corrected chi connectivity index (χ4v) is 6.32. The van der Waals surface area contributed by atoms with Crippen LogP contribution in [0.4, 0.5) is 11.6 Å². The number of halogens is 1. The largest absolute Gasteiger partial charge is 0.394 e. The van der Waals surface area contributed by atoms with Gasteiger partial charge in [0.2, 0.25) is 0 Å². The Morgan fingerprint density at radius 3 is 2.31 bits per heavy atom. The van der Waals surface area contributed by atoms with E-state index in [0.29, 0.717) is 51.1 Å². The molecule has 0 aliphatic rings. The van der Waals surface area contributed by atoms with Crippen molar-refractivity contribution < 1.29 is 35.1 Å². The van der Waals surface area contributed by atoms with Crippen LogP contribution >= 0.6 is 11.6 Å². The van der Waals surface area contributed by atoms with Crippen molar-refractivity contribution in [2.75, 3.05) is 63.9 Å². The first kappa shape index (κ1) is 45.5. The molecule has 0 spiro atoms. The van der Waals surface area contributed by atoms with E-state index >= 15 is 0 Å². The number of aliphatic hydroxyl groups is 5. The Balaban J connectivity index is 1.54. The zero-order valence-electron chi connectivity index (χ0n) is 31.8. The van der Waals surface area contributed by atoms with E-state index in [-0.39, 0.29) is 47.4 Å². The molecule has 0 fully saturated rings. The Kier molecular flexibility index (Phi) is 19.7. The minimum absolute atomic E-state index is 0.0137. The summed E-state index contributed by atoms with van der Waals surface area (Å²) in [6.07, 6.45) is -0.975. The van der Waals surface area contributed by atoms with E-state index in [0.717, 1.165) is 36.8 Å². The van der Waals surface area contributed by atoms with E-state index in [1.54, 1.807) is 6.07 Å². The third-order valence-electron chi connectivity index (χ3n) is 9.47. The summed E-state index contributed by atoms with van der Waals surface area (Å²) in [7, 11) is 0. The molecule has 1 heterocycles. The second-order valence-electron chi connectivity index (χ2n) is 13.9. The molecule has 304 valence electrons. The number of aliphatic hydroxyl groups excluding tert-OH is 5. The summed E-state index contributed by atoms with van der Waals surface area (Å²) < 4.78 is 0. The van der Waals surface area contributed by atoms with Gasteiger partial charge in [0.05, 0.1) is 12.7 Å². The monoisotopic (exact) mass is 786 g/mol. The van der Waals surface area contributed by atoms with Crippen LogP contribution in [0.1, 0.15) is 70.1 Å². The SMILES string of the molecule is CCCCCCN(CCNC(=O)c1cccc(CCNCC(CNC(=O)c2nc(N)c(N)nc2Cl)Cc2ccccc2C)c1)CC(O)C(O)C(O)C(O)CO. The van der Waals surface area contributed by atoms with Crippen molar-refractivity contribution in [1.82, 2.24) is 30.8 Å². The van der Waals surface area contributed by atoms with Gasteiger partial charge in [0.25, 0.3) is 11.8 Å². The molecule has 3 rings (SSSR count). The molecule has 15 nitrogen and oxygen atoms in total. The van der Waals surface area contributed by atoms with Crippen molar-refractivity contribution in [3.63, 3.8) is 0 Å². The van der Waals surface area contributed by atoms with Crippen LogP contribution < -0.4 is 27.4 Å². The van der Waals surface area contributed by atoms with Crippen LogP contribution in [0.15, 0.2) is 48.5 Å². The van der Waals surface area contributed by atoms with Gasteiger partial charge in [0, 0.05) is 31.7 Å². The molecule has 2 amide bonds. The van der Waals surface area contributed by atoms with Gasteiger partial charge < -0.3 is 53.0 Å². The molecule has 5 atom stereocenters. The number of unbranched alkanes of at least 4 members (excludes halogenated alkanes) is 3. The molecule has 0 saturated carbocycles. The van der Waals surface area contributed by atoms with Crippen LogP contribution in [0.2, 0.25) is 5.15 Å². The fraction of sp³-hybridized carbons (Fsp3) is 0.538. The first-order valence-electron chi connectivity index (χ1n) is 18.9. The van der Waals surface area contributed by atoms with Crippen molar-refractivity contribution in [1.29, 1.82) is 0 Å². The number of hydrogen-bond acceptors (Lipinski definition) is 13. The molecular formula is C39H59ClN8O7. The lowest BCUT2D eigenvalue weighted by molar-refractivity contribution is -0.119. The molecule has 5 unspecified atom stereocenters. The molecule has 1 aromatic heterocycles. The minimum Gasteiger partial charge on any atom is -0.394 e. The number of aryl methyl sites for hydroxylation is 1. The second kappa shape index (κ2) is 23.9. The summed E-state index contributed by atoms with van der Waals surface area (Å²) in [6, 6.07) is 15.5. The van der Waals surface area contributed by atoms with E-state index in [1.165, 1.54) is 5.56 Å². The molecule has 0 aliphatic heterocycles. The number of rotatable bonds is 25. The first-order valence-corrected chi connectivity index (χ1v) is 19.3. The highest BCUT2D eigenvalue weighted by Gasteiger charge is 2.31. The molecule has 0 saturated heterocycles. The molecule has 3 aromatic rings. The number of anilines is 2. The average molecular weight is 787 g/mol. The van der Waals surface area contributed by atoms with Crippen molar-refractivity contribution in [2.24, 2.45) is 5.92 Å². The van der Waals surface area contributed by atoms with E-state index in [2.05, 4.69) is 51.9 Å². The Bertz CT molecular complexity index is 1640. The van der Waals surface area contributed by atoms with Crippen LogP contribution in [0.5, 0.6) is 0 Å². The minimum atomic E-state index is -1.70. The Labute approximate surface area is 328 Å². The number of amides is 2. The molecule has 16 heteroatoms. The van der Waals surface area contributed by atoms with Crippen molar-refractivity contribution in [2.45, 2.75) is 76.8 Å². The lowest BCUT2D eigenvalue weighted by Crippen LogP contribution is -2.50.